The number of nitrogens with two attached hydrogens (primary N) is 1. The molecule has 0 saturated carbocycles. The molecule has 0 bridgehead atoms. The first kappa shape index (κ1) is 11.9. The maximum atomic E-state index is 11.0. The standard InChI is InChI=1S/C9H12N4O3/c1-9(2,8(10)14)12-7-4-3-6(5-11-7)13(15)16/h3-5H,1-2H3,(H2,10,14)(H,11,12). The van der Waals surface area contributed by atoms with Crippen LogP contribution in [0.15, 0.2) is 18.3 Å². The minimum atomic E-state index is -0.955. The van der Waals surface area contributed by atoms with Gasteiger partial charge in [-0.2, -0.15) is 0 Å². The number of hydrogen-bond acceptors (Lipinski definition) is 5. The number of nitrogens with zero attached hydrogens (tertiary/aromatic N) is 2. The van der Waals surface area contributed by atoms with Crippen molar-refractivity contribution in [3.05, 3.63) is 28.4 Å². The van der Waals surface area contributed by atoms with Crippen LogP contribution in [0.3, 0.4) is 0 Å². The van der Waals surface area contributed by atoms with Crippen molar-refractivity contribution in [1.82, 2.24) is 4.98 Å². The maximum Gasteiger partial charge on any atom is 0.287 e. The van der Waals surface area contributed by atoms with Gasteiger partial charge in [-0.15, -0.1) is 0 Å². The van der Waals surface area contributed by atoms with Crippen molar-refractivity contribution >= 4 is 17.4 Å². The average Bonchev–Trinajstić information content (AvgIpc) is 2.17. The van der Waals surface area contributed by atoms with E-state index in [-0.39, 0.29) is 5.69 Å². The van der Waals surface area contributed by atoms with Crippen LogP contribution in [0, 0.1) is 10.1 Å². The highest BCUT2D eigenvalue weighted by atomic mass is 16.6. The first-order valence-corrected chi connectivity index (χ1v) is 4.51. The van der Waals surface area contributed by atoms with Crippen LogP contribution in [-0.4, -0.2) is 21.4 Å². The first-order valence-electron chi connectivity index (χ1n) is 4.51. The van der Waals surface area contributed by atoms with Crippen LogP contribution < -0.4 is 11.1 Å². The summed E-state index contributed by atoms with van der Waals surface area (Å²) in [6, 6.07) is 2.72. The molecule has 0 aliphatic rings. The summed E-state index contributed by atoms with van der Waals surface area (Å²) >= 11 is 0. The number of amides is 1. The van der Waals surface area contributed by atoms with Gasteiger partial charge in [0.2, 0.25) is 5.91 Å². The van der Waals surface area contributed by atoms with Gasteiger partial charge in [0.1, 0.15) is 17.6 Å². The van der Waals surface area contributed by atoms with Gasteiger partial charge in [-0.05, 0) is 19.9 Å². The molecule has 0 aliphatic heterocycles. The van der Waals surface area contributed by atoms with E-state index in [9.17, 15) is 14.9 Å². The van der Waals surface area contributed by atoms with Crippen LogP contribution in [0.25, 0.3) is 0 Å². The number of nitro groups is 1. The number of carbonyl (C=O) groups is 1. The highest BCUT2D eigenvalue weighted by Crippen LogP contribution is 2.15. The Morgan fingerprint density at radius 2 is 2.19 bits per heavy atom. The van der Waals surface area contributed by atoms with E-state index < -0.39 is 16.4 Å². The predicted molar refractivity (Wildman–Crippen MR) is 57.8 cm³/mol. The van der Waals surface area contributed by atoms with Crippen molar-refractivity contribution in [2.45, 2.75) is 19.4 Å². The number of nitrogens with one attached hydrogen (secondary N) is 1. The number of pyridine rings is 1. The normalized spacial score (nSPS) is 10.9. The van der Waals surface area contributed by atoms with E-state index in [1.54, 1.807) is 13.8 Å². The predicted octanol–water partition coefficient (Wildman–Crippen LogP) is 0.666. The van der Waals surface area contributed by atoms with Crippen molar-refractivity contribution in [3.63, 3.8) is 0 Å². The van der Waals surface area contributed by atoms with Crippen molar-refractivity contribution in [1.29, 1.82) is 0 Å². The molecule has 1 amide bonds. The van der Waals surface area contributed by atoms with Gasteiger partial charge in [0.25, 0.3) is 5.69 Å². The molecule has 7 heteroatoms. The number of rotatable bonds is 4. The third-order valence-electron chi connectivity index (χ3n) is 2.02. The number of primary amides is 1. The quantitative estimate of drug-likeness (QED) is 0.576. The summed E-state index contributed by atoms with van der Waals surface area (Å²) in [5, 5.41) is 13.2. The third kappa shape index (κ3) is 2.66. The fourth-order valence-electron chi connectivity index (χ4n) is 0.950. The molecule has 0 spiro atoms. The smallest absolute Gasteiger partial charge is 0.287 e. The monoisotopic (exact) mass is 224 g/mol. The maximum absolute atomic E-state index is 11.0. The Kier molecular flexibility index (Phi) is 3.07. The van der Waals surface area contributed by atoms with Gasteiger partial charge in [-0.25, -0.2) is 4.98 Å². The van der Waals surface area contributed by atoms with Crippen LogP contribution in [-0.2, 0) is 4.79 Å². The molecule has 86 valence electrons. The molecule has 1 aromatic heterocycles. The summed E-state index contributed by atoms with van der Waals surface area (Å²) in [4.78, 5) is 24.7. The molecular weight excluding hydrogens is 212 g/mol. The van der Waals surface area contributed by atoms with Crippen LogP contribution in [0.4, 0.5) is 11.5 Å². The number of hydrogen-bond donors (Lipinski definition) is 2. The molecule has 0 unspecified atom stereocenters. The molecule has 0 radical (unpaired) electrons. The van der Waals surface area contributed by atoms with Crippen molar-refractivity contribution < 1.29 is 9.72 Å². The Bertz CT molecular complexity index is 413. The van der Waals surface area contributed by atoms with Gasteiger partial charge in [0.05, 0.1) is 4.92 Å². The second kappa shape index (κ2) is 4.13. The molecule has 16 heavy (non-hydrogen) atoms. The highest BCUT2D eigenvalue weighted by molar-refractivity contribution is 5.86. The SMILES string of the molecule is CC(C)(Nc1ccc([N+](=O)[O-])cn1)C(N)=O. The largest absolute Gasteiger partial charge is 0.368 e. The highest BCUT2D eigenvalue weighted by Gasteiger charge is 2.24. The van der Waals surface area contributed by atoms with Crippen LogP contribution in [0.2, 0.25) is 0 Å². The minimum Gasteiger partial charge on any atom is -0.368 e. The minimum absolute atomic E-state index is 0.109. The number of carbonyl (C=O) groups excluding carboxylic acids is 1. The van der Waals surface area contributed by atoms with E-state index in [4.69, 9.17) is 5.73 Å². The summed E-state index contributed by atoms with van der Waals surface area (Å²) < 4.78 is 0. The number of anilines is 1. The number of aromatic nitrogens is 1. The molecule has 1 aromatic rings. The molecule has 1 heterocycles. The lowest BCUT2D eigenvalue weighted by molar-refractivity contribution is -0.385. The molecule has 0 atom stereocenters. The summed E-state index contributed by atoms with van der Waals surface area (Å²) in [7, 11) is 0. The summed E-state index contributed by atoms with van der Waals surface area (Å²) in [5.74, 6) is -0.179. The first-order chi connectivity index (χ1) is 7.33. The van der Waals surface area contributed by atoms with Gasteiger partial charge in [0, 0.05) is 6.07 Å². The van der Waals surface area contributed by atoms with Gasteiger partial charge in [-0.1, -0.05) is 0 Å². The van der Waals surface area contributed by atoms with Crippen LogP contribution in [0.5, 0.6) is 0 Å². The van der Waals surface area contributed by atoms with Crippen molar-refractivity contribution in [3.8, 4) is 0 Å². The van der Waals surface area contributed by atoms with E-state index in [2.05, 4.69) is 10.3 Å². The molecule has 0 aromatic carbocycles. The van der Waals surface area contributed by atoms with Crippen LogP contribution >= 0.6 is 0 Å². The zero-order valence-corrected chi connectivity index (χ0v) is 8.93. The molecule has 1 rings (SSSR count). The molecule has 0 fully saturated rings. The lowest BCUT2D eigenvalue weighted by Crippen LogP contribution is -2.45. The molecule has 0 aliphatic carbocycles. The Hall–Kier alpha value is -2.18. The lowest BCUT2D eigenvalue weighted by Gasteiger charge is -2.22. The van der Waals surface area contributed by atoms with Gasteiger partial charge < -0.3 is 11.1 Å². The van der Waals surface area contributed by atoms with Gasteiger partial charge in [-0.3, -0.25) is 14.9 Å². The van der Waals surface area contributed by atoms with Gasteiger partial charge >= 0.3 is 0 Å². The van der Waals surface area contributed by atoms with E-state index in [0.717, 1.165) is 6.20 Å². The molecular formula is C9H12N4O3. The zero-order chi connectivity index (χ0) is 12.3. The van der Waals surface area contributed by atoms with E-state index >= 15 is 0 Å². The van der Waals surface area contributed by atoms with E-state index in [1.807, 2.05) is 0 Å². The molecule has 7 nitrogen and oxygen atoms in total. The Morgan fingerprint density at radius 1 is 1.56 bits per heavy atom. The third-order valence-corrected chi connectivity index (χ3v) is 2.02. The van der Waals surface area contributed by atoms with Gasteiger partial charge in [0.15, 0.2) is 0 Å². The fraction of sp³-hybridized carbons (Fsp3) is 0.333. The molecule has 0 saturated heterocycles. The second-order valence-electron chi connectivity index (χ2n) is 3.77. The van der Waals surface area contributed by atoms with Crippen molar-refractivity contribution in [2.75, 3.05) is 5.32 Å². The fourth-order valence-corrected chi connectivity index (χ4v) is 0.950. The lowest BCUT2D eigenvalue weighted by atomic mass is 10.1. The summed E-state index contributed by atoms with van der Waals surface area (Å²) in [6.45, 7) is 3.19. The Labute approximate surface area is 91.8 Å². The van der Waals surface area contributed by atoms with E-state index in [0.29, 0.717) is 5.82 Å². The van der Waals surface area contributed by atoms with Crippen LogP contribution in [0.1, 0.15) is 13.8 Å². The second-order valence-corrected chi connectivity index (χ2v) is 3.77. The van der Waals surface area contributed by atoms with Crippen molar-refractivity contribution in [2.24, 2.45) is 5.73 Å². The Morgan fingerprint density at radius 3 is 2.56 bits per heavy atom. The summed E-state index contributed by atoms with van der Waals surface area (Å²) in [6.07, 6.45) is 1.11. The molecule has 3 N–H and O–H groups in total. The van der Waals surface area contributed by atoms with E-state index in [1.165, 1.54) is 12.1 Å². The Balaban J connectivity index is 2.84. The summed E-state index contributed by atoms with van der Waals surface area (Å²) in [5.41, 5.74) is 4.09. The zero-order valence-electron chi connectivity index (χ0n) is 8.93. The average molecular weight is 224 g/mol. The topological polar surface area (TPSA) is 111 Å².